The number of amides is 1. The molecule has 7 heteroatoms. The van der Waals surface area contributed by atoms with E-state index in [-0.39, 0.29) is 0 Å². The molecule has 1 amide bonds. The summed E-state index contributed by atoms with van der Waals surface area (Å²) in [5.41, 5.74) is 0. The van der Waals surface area contributed by atoms with E-state index in [2.05, 4.69) is 36.9 Å². The maximum Gasteiger partial charge on any atom is 0.226 e. The number of aromatic nitrogens is 3. The molecule has 0 bridgehead atoms. The van der Waals surface area contributed by atoms with E-state index in [0.717, 1.165) is 57.2 Å². The van der Waals surface area contributed by atoms with Crippen molar-refractivity contribution in [1.82, 2.24) is 29.9 Å². The summed E-state index contributed by atoms with van der Waals surface area (Å²) >= 11 is 0. The molecule has 5 rings (SSSR count). The van der Waals surface area contributed by atoms with E-state index >= 15 is 0 Å². The minimum absolute atomic E-state index is 0.315. The number of hydrogen-bond acceptors (Lipinski definition) is 5. The van der Waals surface area contributed by atoms with Crippen molar-refractivity contribution in [1.29, 1.82) is 0 Å². The van der Waals surface area contributed by atoms with Gasteiger partial charge in [0.25, 0.3) is 0 Å². The summed E-state index contributed by atoms with van der Waals surface area (Å²) in [5.74, 6) is 4.59. The quantitative estimate of drug-likeness (QED) is 0.853. The number of rotatable bonds is 4. The van der Waals surface area contributed by atoms with Crippen LogP contribution >= 0.6 is 0 Å². The lowest BCUT2D eigenvalue weighted by Crippen LogP contribution is -2.40. The Morgan fingerprint density at radius 2 is 1.77 bits per heavy atom. The van der Waals surface area contributed by atoms with E-state index in [1.807, 2.05) is 0 Å². The fourth-order valence-electron chi connectivity index (χ4n) is 5.36. The number of nitrogens with zero attached hydrogens (tertiary/aromatic N) is 5. The first-order valence-electron chi connectivity index (χ1n) is 10.3. The number of nitrogens with one attached hydrogen (secondary N) is 1. The Morgan fingerprint density at radius 1 is 1.08 bits per heavy atom. The van der Waals surface area contributed by atoms with Crippen LogP contribution in [0.1, 0.15) is 43.3 Å². The van der Waals surface area contributed by atoms with Gasteiger partial charge in [0.15, 0.2) is 0 Å². The van der Waals surface area contributed by atoms with Crippen molar-refractivity contribution >= 4 is 5.91 Å². The average molecular weight is 358 g/mol. The van der Waals surface area contributed by atoms with Gasteiger partial charge in [-0.25, -0.2) is 0 Å². The SMILES string of the molecule is Cn1c(CN2CCCC2)nnc1C1CCN(C(=O)C2[C@H]3CNC[C@@H]23)CC1. The molecule has 7 nitrogen and oxygen atoms in total. The van der Waals surface area contributed by atoms with Crippen LogP contribution in [-0.4, -0.2) is 69.7 Å². The maximum absolute atomic E-state index is 12.7. The molecule has 26 heavy (non-hydrogen) atoms. The number of carbonyl (C=O) groups excluding carboxylic acids is 1. The molecule has 0 aromatic carbocycles. The molecular formula is C19H30N6O. The number of likely N-dealkylation sites (tertiary alicyclic amines) is 2. The lowest BCUT2D eigenvalue weighted by atomic mass is 9.95. The van der Waals surface area contributed by atoms with Gasteiger partial charge >= 0.3 is 0 Å². The van der Waals surface area contributed by atoms with Crippen LogP contribution in [0, 0.1) is 17.8 Å². The smallest absolute Gasteiger partial charge is 0.226 e. The molecule has 1 saturated carbocycles. The molecule has 4 heterocycles. The topological polar surface area (TPSA) is 66.3 Å². The molecule has 4 aliphatic rings. The summed E-state index contributed by atoms with van der Waals surface area (Å²) in [4.78, 5) is 17.3. The fourth-order valence-corrected chi connectivity index (χ4v) is 5.36. The predicted molar refractivity (Wildman–Crippen MR) is 97.4 cm³/mol. The Labute approximate surface area is 155 Å². The Kier molecular flexibility index (Phi) is 4.24. The van der Waals surface area contributed by atoms with Crippen LogP contribution in [0.2, 0.25) is 0 Å². The number of piperidine rings is 2. The van der Waals surface area contributed by atoms with Crippen LogP contribution in [-0.2, 0) is 18.4 Å². The lowest BCUT2D eigenvalue weighted by Gasteiger charge is -2.32. The third-order valence-electron chi connectivity index (χ3n) is 7.11. The maximum atomic E-state index is 12.7. The van der Waals surface area contributed by atoms with Gasteiger partial charge in [-0.15, -0.1) is 10.2 Å². The van der Waals surface area contributed by atoms with Gasteiger partial charge in [0.1, 0.15) is 11.6 Å². The zero-order valence-corrected chi connectivity index (χ0v) is 15.7. The minimum atomic E-state index is 0.315. The normalized spacial score (nSPS) is 32.2. The summed E-state index contributed by atoms with van der Waals surface area (Å²) in [6.45, 7) is 7.11. The van der Waals surface area contributed by atoms with Gasteiger partial charge < -0.3 is 14.8 Å². The van der Waals surface area contributed by atoms with E-state index < -0.39 is 0 Å². The third kappa shape index (κ3) is 2.85. The van der Waals surface area contributed by atoms with E-state index in [1.165, 1.54) is 25.9 Å². The standard InChI is InChI=1S/C19H30N6O/c1-23-16(12-24-6-2-3-7-24)21-22-18(23)13-4-8-25(9-5-13)19(26)17-14-10-20-11-15(14)17/h13-15,17,20H,2-12H2,1H3/t14-,15+,17?. The Morgan fingerprint density at radius 3 is 2.46 bits per heavy atom. The first kappa shape index (κ1) is 16.7. The molecule has 1 aliphatic carbocycles. The van der Waals surface area contributed by atoms with Crippen LogP contribution in [0.15, 0.2) is 0 Å². The summed E-state index contributed by atoms with van der Waals surface area (Å²) < 4.78 is 2.21. The predicted octanol–water partition coefficient (Wildman–Crippen LogP) is 0.582. The second kappa shape index (κ2) is 6.60. The molecule has 3 aliphatic heterocycles. The van der Waals surface area contributed by atoms with Gasteiger partial charge in [0.05, 0.1) is 6.54 Å². The van der Waals surface area contributed by atoms with Crippen molar-refractivity contribution < 1.29 is 4.79 Å². The Balaban J connectivity index is 1.18. The highest BCUT2D eigenvalue weighted by Crippen LogP contribution is 2.50. The van der Waals surface area contributed by atoms with Crippen molar-refractivity contribution in [3.8, 4) is 0 Å². The molecule has 142 valence electrons. The highest BCUT2D eigenvalue weighted by atomic mass is 16.2. The molecule has 1 aromatic heterocycles. The van der Waals surface area contributed by atoms with E-state index in [4.69, 9.17) is 0 Å². The van der Waals surface area contributed by atoms with Crippen molar-refractivity contribution in [3.63, 3.8) is 0 Å². The average Bonchev–Trinajstić information content (AvgIpc) is 3.12. The van der Waals surface area contributed by atoms with E-state index in [9.17, 15) is 4.79 Å². The van der Waals surface area contributed by atoms with Gasteiger partial charge in [0, 0.05) is 32.0 Å². The monoisotopic (exact) mass is 358 g/mol. The first-order valence-corrected chi connectivity index (χ1v) is 10.3. The number of carbonyl (C=O) groups is 1. The van der Waals surface area contributed by atoms with Gasteiger partial charge in [-0.1, -0.05) is 0 Å². The highest BCUT2D eigenvalue weighted by molar-refractivity contribution is 5.82. The number of hydrogen-bond donors (Lipinski definition) is 1. The van der Waals surface area contributed by atoms with Crippen LogP contribution < -0.4 is 5.32 Å². The zero-order chi connectivity index (χ0) is 17.7. The molecule has 1 N–H and O–H groups in total. The Bertz CT molecular complexity index is 664. The summed E-state index contributed by atoms with van der Waals surface area (Å²) in [7, 11) is 2.11. The zero-order valence-electron chi connectivity index (χ0n) is 15.7. The van der Waals surface area contributed by atoms with Crippen molar-refractivity contribution in [2.75, 3.05) is 39.3 Å². The summed E-state index contributed by atoms with van der Waals surface area (Å²) in [5, 5.41) is 12.4. The van der Waals surface area contributed by atoms with Crippen LogP contribution in [0.5, 0.6) is 0 Å². The second-order valence-electron chi connectivity index (χ2n) is 8.63. The van der Waals surface area contributed by atoms with Gasteiger partial charge in [0.2, 0.25) is 5.91 Å². The van der Waals surface area contributed by atoms with Gasteiger partial charge in [-0.3, -0.25) is 9.69 Å². The number of fused-ring (bicyclic) bond motifs is 1. The first-order chi connectivity index (χ1) is 12.7. The molecule has 4 fully saturated rings. The van der Waals surface area contributed by atoms with Crippen LogP contribution in [0.25, 0.3) is 0 Å². The van der Waals surface area contributed by atoms with Gasteiger partial charge in [-0.05, 0) is 63.7 Å². The minimum Gasteiger partial charge on any atom is -0.342 e. The van der Waals surface area contributed by atoms with E-state index in [1.54, 1.807) is 0 Å². The Hall–Kier alpha value is -1.47. The summed E-state index contributed by atoms with van der Waals surface area (Å²) in [6.07, 6.45) is 4.63. The van der Waals surface area contributed by atoms with E-state index in [0.29, 0.717) is 29.6 Å². The molecular weight excluding hydrogens is 328 g/mol. The lowest BCUT2D eigenvalue weighted by molar-refractivity contribution is -0.134. The molecule has 3 saturated heterocycles. The van der Waals surface area contributed by atoms with Crippen LogP contribution in [0.4, 0.5) is 0 Å². The van der Waals surface area contributed by atoms with Crippen molar-refractivity contribution in [2.45, 2.75) is 38.1 Å². The molecule has 1 unspecified atom stereocenters. The molecule has 3 atom stereocenters. The fraction of sp³-hybridized carbons (Fsp3) is 0.842. The molecule has 0 radical (unpaired) electrons. The molecule has 0 spiro atoms. The van der Waals surface area contributed by atoms with Gasteiger partial charge in [-0.2, -0.15) is 0 Å². The van der Waals surface area contributed by atoms with Crippen LogP contribution in [0.3, 0.4) is 0 Å². The van der Waals surface area contributed by atoms with Crippen molar-refractivity contribution in [3.05, 3.63) is 11.6 Å². The molecule has 1 aromatic rings. The third-order valence-corrected chi connectivity index (χ3v) is 7.11. The summed E-state index contributed by atoms with van der Waals surface area (Å²) in [6, 6.07) is 0. The highest BCUT2D eigenvalue weighted by Gasteiger charge is 2.57. The second-order valence-corrected chi connectivity index (χ2v) is 8.63. The van der Waals surface area contributed by atoms with Crippen molar-refractivity contribution in [2.24, 2.45) is 24.8 Å². The largest absolute Gasteiger partial charge is 0.342 e.